The minimum absolute atomic E-state index is 0.0193. The number of anilines is 2. The van der Waals surface area contributed by atoms with Crippen molar-refractivity contribution in [1.82, 2.24) is 9.55 Å². The summed E-state index contributed by atoms with van der Waals surface area (Å²) >= 11 is 1.14. The molecule has 0 spiro atoms. The zero-order valence-electron chi connectivity index (χ0n) is 18.0. The fourth-order valence-corrected chi connectivity index (χ4v) is 4.20. The molecule has 174 valence electrons. The first-order valence-electron chi connectivity index (χ1n) is 10.2. The van der Waals surface area contributed by atoms with E-state index in [9.17, 15) is 22.8 Å². The number of rotatable bonds is 7. The highest BCUT2D eigenvalue weighted by atomic mass is 32.2. The predicted molar refractivity (Wildman–Crippen MR) is 125 cm³/mol. The Morgan fingerprint density at radius 1 is 1.00 bits per heavy atom. The van der Waals surface area contributed by atoms with E-state index in [-0.39, 0.29) is 23.9 Å². The maximum absolute atomic E-state index is 13.9. The second-order valence-electron chi connectivity index (χ2n) is 7.36. The highest BCUT2D eigenvalue weighted by Gasteiger charge is 2.18. The van der Waals surface area contributed by atoms with Crippen LogP contribution >= 0.6 is 11.8 Å². The third-order valence-electron chi connectivity index (χ3n) is 5.04. The molecule has 4 rings (SSSR count). The van der Waals surface area contributed by atoms with Gasteiger partial charge >= 0.3 is 0 Å². The Balaban J connectivity index is 1.51. The predicted octanol–water partition coefficient (Wildman–Crippen LogP) is 4.85. The van der Waals surface area contributed by atoms with Crippen LogP contribution in [-0.4, -0.2) is 34.2 Å². The number of amides is 2. The van der Waals surface area contributed by atoms with Gasteiger partial charge in [0.1, 0.15) is 24.0 Å². The fraction of sp³-hybridized carbons (Fsp3) is 0.125. The average molecular weight is 485 g/mol. The van der Waals surface area contributed by atoms with Gasteiger partial charge in [-0.1, -0.05) is 23.9 Å². The van der Waals surface area contributed by atoms with Crippen LogP contribution in [0.25, 0.3) is 11.0 Å². The number of carbonyl (C=O) groups excluding carboxylic acids is 2. The monoisotopic (exact) mass is 484 g/mol. The van der Waals surface area contributed by atoms with Crippen LogP contribution in [-0.2, 0) is 16.1 Å². The van der Waals surface area contributed by atoms with Gasteiger partial charge in [-0.25, -0.2) is 18.2 Å². The van der Waals surface area contributed by atoms with E-state index < -0.39 is 23.4 Å². The average Bonchev–Trinajstić information content (AvgIpc) is 3.16. The minimum Gasteiger partial charge on any atom is -0.322 e. The Bertz CT molecular complexity index is 1360. The maximum atomic E-state index is 13.9. The van der Waals surface area contributed by atoms with Gasteiger partial charge in [-0.3, -0.25) is 9.59 Å². The molecule has 10 heteroatoms. The first-order valence-corrected chi connectivity index (χ1v) is 11.2. The summed E-state index contributed by atoms with van der Waals surface area (Å²) in [7, 11) is 1.59. The zero-order chi connectivity index (χ0) is 24.2. The number of carbonyl (C=O) groups is 2. The van der Waals surface area contributed by atoms with Crippen LogP contribution in [0.4, 0.5) is 24.5 Å². The third kappa shape index (κ3) is 5.23. The van der Waals surface area contributed by atoms with E-state index >= 15 is 0 Å². The van der Waals surface area contributed by atoms with Gasteiger partial charge in [0, 0.05) is 18.8 Å². The molecule has 1 aromatic heterocycles. The van der Waals surface area contributed by atoms with Crippen LogP contribution in [0.1, 0.15) is 0 Å². The molecule has 0 atom stereocenters. The highest BCUT2D eigenvalue weighted by Crippen LogP contribution is 2.25. The maximum Gasteiger partial charge on any atom is 0.244 e. The van der Waals surface area contributed by atoms with Crippen LogP contribution in [0.3, 0.4) is 0 Å². The molecule has 0 saturated carbocycles. The Morgan fingerprint density at radius 2 is 1.71 bits per heavy atom. The van der Waals surface area contributed by atoms with Gasteiger partial charge in [0.05, 0.1) is 22.5 Å². The summed E-state index contributed by atoms with van der Waals surface area (Å²) in [6.07, 6.45) is 0. The lowest BCUT2D eigenvalue weighted by molar-refractivity contribution is -0.117. The molecule has 2 amide bonds. The second kappa shape index (κ2) is 10.0. The van der Waals surface area contributed by atoms with Crippen molar-refractivity contribution in [2.45, 2.75) is 11.7 Å². The summed E-state index contributed by atoms with van der Waals surface area (Å²) in [5.41, 5.74) is 1.70. The first kappa shape index (κ1) is 23.4. The molecule has 1 heterocycles. The number of thioether (sulfide) groups is 1. The normalized spacial score (nSPS) is 10.9. The van der Waals surface area contributed by atoms with E-state index in [4.69, 9.17) is 0 Å². The molecule has 6 nitrogen and oxygen atoms in total. The van der Waals surface area contributed by atoms with Gasteiger partial charge in [0.2, 0.25) is 11.8 Å². The van der Waals surface area contributed by atoms with Crippen LogP contribution in [0, 0.1) is 17.5 Å². The molecular weight excluding hydrogens is 465 g/mol. The smallest absolute Gasteiger partial charge is 0.244 e. The quantitative estimate of drug-likeness (QED) is 0.381. The number of fused-ring (bicyclic) bond motifs is 1. The van der Waals surface area contributed by atoms with Crippen molar-refractivity contribution >= 4 is 46.0 Å². The van der Waals surface area contributed by atoms with Crippen molar-refractivity contribution in [1.29, 1.82) is 0 Å². The molecule has 34 heavy (non-hydrogen) atoms. The number of imidazole rings is 1. The van der Waals surface area contributed by atoms with Crippen LogP contribution in [0.5, 0.6) is 0 Å². The molecular formula is C24H19F3N4O2S. The van der Waals surface area contributed by atoms with Gasteiger partial charge in [0.25, 0.3) is 0 Å². The van der Waals surface area contributed by atoms with E-state index in [1.807, 2.05) is 0 Å². The molecule has 4 aromatic rings. The summed E-state index contributed by atoms with van der Waals surface area (Å²) in [5, 5.41) is 2.86. The molecule has 0 radical (unpaired) electrons. The van der Waals surface area contributed by atoms with Crippen molar-refractivity contribution in [3.05, 3.63) is 84.2 Å². The summed E-state index contributed by atoms with van der Waals surface area (Å²) in [6.45, 7) is -0.193. The van der Waals surface area contributed by atoms with Crippen LogP contribution < -0.4 is 10.2 Å². The van der Waals surface area contributed by atoms with E-state index in [1.165, 1.54) is 29.2 Å². The van der Waals surface area contributed by atoms with Gasteiger partial charge in [0.15, 0.2) is 5.16 Å². The van der Waals surface area contributed by atoms with E-state index in [0.717, 1.165) is 23.9 Å². The number of nitrogens with one attached hydrogen (secondary N) is 1. The van der Waals surface area contributed by atoms with Crippen LogP contribution in [0.2, 0.25) is 0 Å². The molecule has 0 aliphatic heterocycles. The van der Waals surface area contributed by atoms with Gasteiger partial charge in [-0.2, -0.15) is 0 Å². The highest BCUT2D eigenvalue weighted by molar-refractivity contribution is 7.99. The molecule has 3 aromatic carbocycles. The Hall–Kier alpha value is -3.79. The third-order valence-corrected chi connectivity index (χ3v) is 6.00. The summed E-state index contributed by atoms with van der Waals surface area (Å²) in [6, 6.07) is 15.6. The minimum atomic E-state index is -0.882. The molecule has 0 fully saturated rings. The SMILES string of the molecule is CN(C(=O)CSc1nc2ccccc2n1CC(=O)Nc1ccc(F)cc1F)c1ccc(F)cc1. The van der Waals surface area contributed by atoms with Gasteiger partial charge < -0.3 is 14.8 Å². The largest absolute Gasteiger partial charge is 0.322 e. The number of benzene rings is 3. The van der Waals surface area contributed by atoms with Crippen molar-refractivity contribution in [3.8, 4) is 0 Å². The number of aromatic nitrogens is 2. The second-order valence-corrected chi connectivity index (χ2v) is 8.30. The van der Waals surface area contributed by atoms with Crippen molar-refractivity contribution in [3.63, 3.8) is 0 Å². The molecule has 0 aliphatic carbocycles. The van der Waals surface area contributed by atoms with E-state index in [1.54, 1.807) is 35.9 Å². The van der Waals surface area contributed by atoms with Gasteiger partial charge in [-0.05, 0) is 48.5 Å². The standard InChI is InChI=1S/C24H19F3N4O2S/c1-30(17-9-6-15(25)7-10-17)23(33)14-34-24-29-20-4-2-3-5-21(20)31(24)13-22(32)28-19-11-8-16(26)12-18(19)27/h2-12H,13-14H2,1H3,(H,28,32). The van der Waals surface area contributed by atoms with Crippen molar-refractivity contribution in [2.24, 2.45) is 0 Å². The number of para-hydroxylation sites is 2. The van der Waals surface area contributed by atoms with E-state index in [0.29, 0.717) is 27.9 Å². The Kier molecular flexibility index (Phi) is 6.87. The zero-order valence-corrected chi connectivity index (χ0v) is 18.8. The fourth-order valence-electron chi connectivity index (χ4n) is 3.27. The summed E-state index contributed by atoms with van der Waals surface area (Å²) in [4.78, 5) is 31.2. The summed E-state index contributed by atoms with van der Waals surface area (Å²) in [5.74, 6) is -2.78. The van der Waals surface area contributed by atoms with E-state index in [2.05, 4.69) is 10.3 Å². The topological polar surface area (TPSA) is 67.2 Å². The lowest BCUT2D eigenvalue weighted by atomic mass is 10.3. The molecule has 0 unspecified atom stereocenters. The van der Waals surface area contributed by atoms with Gasteiger partial charge in [-0.15, -0.1) is 0 Å². The first-order chi connectivity index (χ1) is 16.3. The number of halogens is 3. The number of nitrogens with zero attached hydrogens (tertiary/aromatic N) is 3. The molecule has 0 bridgehead atoms. The Morgan fingerprint density at radius 3 is 2.44 bits per heavy atom. The van der Waals surface area contributed by atoms with Crippen molar-refractivity contribution < 1.29 is 22.8 Å². The molecule has 1 N–H and O–H groups in total. The lowest BCUT2D eigenvalue weighted by Crippen LogP contribution is -2.28. The number of hydrogen-bond donors (Lipinski definition) is 1. The number of hydrogen-bond acceptors (Lipinski definition) is 4. The van der Waals surface area contributed by atoms with Crippen LogP contribution in [0.15, 0.2) is 71.9 Å². The lowest BCUT2D eigenvalue weighted by Gasteiger charge is -2.17. The Labute approximate surface area is 197 Å². The summed E-state index contributed by atoms with van der Waals surface area (Å²) < 4.78 is 41.8. The molecule has 0 aliphatic rings. The van der Waals surface area contributed by atoms with Crippen molar-refractivity contribution in [2.75, 3.05) is 23.0 Å². The molecule has 0 saturated heterocycles.